The summed E-state index contributed by atoms with van der Waals surface area (Å²) in [5, 5.41) is 3.67. The molecule has 0 radical (unpaired) electrons. The zero-order valence-electron chi connectivity index (χ0n) is 13.9. The van der Waals surface area contributed by atoms with Gasteiger partial charge in [0.1, 0.15) is 17.0 Å². The number of carbonyl (C=O) groups excluding carboxylic acids is 2. The molecule has 0 spiro atoms. The largest absolute Gasteiger partial charge is 0.497 e. The van der Waals surface area contributed by atoms with Gasteiger partial charge in [0, 0.05) is 17.0 Å². The number of carbonyl (C=O) groups is 2. The van der Waals surface area contributed by atoms with E-state index in [0.717, 1.165) is 17.3 Å². The van der Waals surface area contributed by atoms with Crippen LogP contribution < -0.4 is 10.1 Å². The molecule has 1 unspecified atom stereocenters. The van der Waals surface area contributed by atoms with Gasteiger partial charge in [-0.3, -0.25) is 4.79 Å². The van der Waals surface area contributed by atoms with Crippen LogP contribution in [0.2, 0.25) is 0 Å². The monoisotopic (exact) mass is 318 g/mol. The third-order valence-corrected chi connectivity index (χ3v) is 3.85. The Bertz CT molecular complexity index is 722. The van der Waals surface area contributed by atoms with E-state index in [1.165, 1.54) is 7.11 Å². The highest BCUT2D eigenvalue weighted by atomic mass is 16.5. The molecule has 0 bridgehead atoms. The molecule has 0 fully saturated rings. The van der Waals surface area contributed by atoms with Crippen molar-refractivity contribution in [3.63, 3.8) is 0 Å². The molecule has 1 atom stereocenters. The van der Waals surface area contributed by atoms with Gasteiger partial charge in [-0.2, -0.15) is 0 Å². The predicted molar refractivity (Wildman–Crippen MR) is 87.6 cm³/mol. The average Bonchev–Trinajstić information content (AvgIpc) is 2.97. The third-order valence-electron chi connectivity index (χ3n) is 3.85. The van der Waals surface area contributed by atoms with Gasteiger partial charge in [0.2, 0.25) is 0 Å². The van der Waals surface area contributed by atoms with Crippen LogP contribution in [-0.2, 0) is 9.53 Å². The molecule has 6 nitrogen and oxygen atoms in total. The summed E-state index contributed by atoms with van der Waals surface area (Å²) >= 11 is 0. The molecular formula is C17H22N2O4. The van der Waals surface area contributed by atoms with Crippen molar-refractivity contribution in [3.05, 3.63) is 30.0 Å². The first kappa shape index (κ1) is 16.9. The molecule has 0 aliphatic rings. The minimum absolute atomic E-state index is 0.346. The van der Waals surface area contributed by atoms with Crippen molar-refractivity contribution >= 4 is 22.8 Å². The normalized spacial score (nSPS) is 13.4. The average molecular weight is 318 g/mol. The van der Waals surface area contributed by atoms with Crippen LogP contribution in [0.15, 0.2) is 24.3 Å². The summed E-state index contributed by atoms with van der Waals surface area (Å²) < 4.78 is 9.98. The Kier molecular flexibility index (Phi) is 4.93. The lowest BCUT2D eigenvalue weighted by atomic mass is 9.96. The number of benzene rings is 1. The van der Waals surface area contributed by atoms with Gasteiger partial charge in [-0.1, -0.05) is 13.3 Å². The van der Waals surface area contributed by atoms with Crippen molar-refractivity contribution < 1.29 is 19.1 Å². The van der Waals surface area contributed by atoms with E-state index in [9.17, 15) is 9.59 Å². The van der Waals surface area contributed by atoms with Gasteiger partial charge in [-0.05, 0) is 31.5 Å². The molecule has 1 heterocycles. The number of ether oxygens (including phenoxy) is 2. The molecule has 23 heavy (non-hydrogen) atoms. The first-order valence-corrected chi connectivity index (χ1v) is 7.51. The van der Waals surface area contributed by atoms with Crippen LogP contribution in [0.5, 0.6) is 5.75 Å². The first-order chi connectivity index (χ1) is 10.9. The van der Waals surface area contributed by atoms with Crippen LogP contribution in [-0.4, -0.2) is 36.6 Å². The third kappa shape index (κ3) is 3.47. The summed E-state index contributed by atoms with van der Waals surface area (Å²) in [6.07, 6.45) is 1.25. The highest BCUT2D eigenvalue weighted by Gasteiger charge is 2.35. The van der Waals surface area contributed by atoms with E-state index < -0.39 is 11.5 Å². The van der Waals surface area contributed by atoms with Crippen LogP contribution in [0.25, 0.3) is 10.9 Å². The summed E-state index contributed by atoms with van der Waals surface area (Å²) in [6, 6.07) is 7.26. The van der Waals surface area contributed by atoms with Crippen LogP contribution in [0.3, 0.4) is 0 Å². The van der Waals surface area contributed by atoms with Crippen molar-refractivity contribution in [2.24, 2.45) is 0 Å². The second-order valence-corrected chi connectivity index (χ2v) is 5.66. The molecule has 124 valence electrons. The molecule has 0 saturated carbocycles. The van der Waals surface area contributed by atoms with Gasteiger partial charge in [-0.15, -0.1) is 0 Å². The number of hydrogen-bond donors (Lipinski definition) is 2. The van der Waals surface area contributed by atoms with Gasteiger partial charge in [-0.25, -0.2) is 4.79 Å². The molecule has 2 rings (SSSR count). The van der Waals surface area contributed by atoms with Gasteiger partial charge in [0.25, 0.3) is 5.91 Å². The number of aromatic amines is 1. The Morgan fingerprint density at radius 1 is 1.26 bits per heavy atom. The Morgan fingerprint density at radius 2 is 2.00 bits per heavy atom. The summed E-state index contributed by atoms with van der Waals surface area (Å²) in [4.78, 5) is 27.5. The SMILES string of the molecule is CCCC(C)(NC(=O)c1cc2ccc(OC)cc2[nH]1)C(=O)OC. The maximum Gasteiger partial charge on any atom is 0.331 e. The number of nitrogens with one attached hydrogen (secondary N) is 2. The fourth-order valence-electron chi connectivity index (χ4n) is 2.61. The summed E-state index contributed by atoms with van der Waals surface area (Å²) in [5.74, 6) is -0.0938. The van der Waals surface area contributed by atoms with Gasteiger partial charge < -0.3 is 19.8 Å². The van der Waals surface area contributed by atoms with Gasteiger partial charge in [0.15, 0.2) is 0 Å². The molecule has 1 aromatic carbocycles. The topological polar surface area (TPSA) is 80.4 Å². The number of hydrogen-bond acceptors (Lipinski definition) is 4. The van der Waals surface area contributed by atoms with Crippen LogP contribution in [0.1, 0.15) is 37.2 Å². The number of fused-ring (bicyclic) bond motifs is 1. The van der Waals surface area contributed by atoms with Crippen molar-refractivity contribution in [2.45, 2.75) is 32.2 Å². The van der Waals surface area contributed by atoms with E-state index in [0.29, 0.717) is 17.9 Å². The number of rotatable bonds is 6. The van der Waals surface area contributed by atoms with Crippen molar-refractivity contribution in [1.29, 1.82) is 0 Å². The van der Waals surface area contributed by atoms with Crippen LogP contribution in [0, 0.1) is 0 Å². The van der Waals surface area contributed by atoms with E-state index in [1.807, 2.05) is 25.1 Å². The number of amides is 1. The van der Waals surface area contributed by atoms with Crippen molar-refractivity contribution in [2.75, 3.05) is 14.2 Å². The van der Waals surface area contributed by atoms with E-state index >= 15 is 0 Å². The number of aromatic nitrogens is 1. The Morgan fingerprint density at radius 3 is 2.61 bits per heavy atom. The quantitative estimate of drug-likeness (QED) is 0.802. The Labute approximate surface area is 135 Å². The molecule has 0 saturated heterocycles. The Balaban J connectivity index is 2.27. The molecule has 1 aromatic heterocycles. The lowest BCUT2D eigenvalue weighted by Crippen LogP contribution is -2.52. The van der Waals surface area contributed by atoms with Gasteiger partial charge >= 0.3 is 5.97 Å². The molecule has 1 amide bonds. The number of H-pyrrole nitrogens is 1. The van der Waals surface area contributed by atoms with Gasteiger partial charge in [0.05, 0.1) is 14.2 Å². The van der Waals surface area contributed by atoms with Crippen molar-refractivity contribution in [3.8, 4) is 5.75 Å². The predicted octanol–water partition coefficient (Wildman–Crippen LogP) is 2.64. The van der Waals surface area contributed by atoms with Crippen LogP contribution in [0.4, 0.5) is 0 Å². The highest BCUT2D eigenvalue weighted by molar-refractivity contribution is 6.00. The standard InChI is InChI=1S/C17H22N2O4/c1-5-8-17(2,16(21)23-4)19-15(20)14-9-11-6-7-12(22-3)10-13(11)18-14/h6-7,9-10,18H,5,8H2,1-4H3,(H,19,20). The van der Waals surface area contributed by atoms with E-state index in [4.69, 9.17) is 9.47 Å². The molecule has 2 aromatic rings. The molecule has 0 aliphatic carbocycles. The zero-order valence-corrected chi connectivity index (χ0v) is 13.9. The summed E-state index contributed by atoms with van der Waals surface area (Å²) in [7, 11) is 2.90. The van der Waals surface area contributed by atoms with E-state index in [2.05, 4.69) is 10.3 Å². The van der Waals surface area contributed by atoms with E-state index in [-0.39, 0.29) is 5.91 Å². The summed E-state index contributed by atoms with van der Waals surface area (Å²) in [5.41, 5.74) is 0.138. The van der Waals surface area contributed by atoms with Crippen molar-refractivity contribution in [1.82, 2.24) is 10.3 Å². The fourth-order valence-corrected chi connectivity index (χ4v) is 2.61. The minimum Gasteiger partial charge on any atom is -0.497 e. The first-order valence-electron chi connectivity index (χ1n) is 7.51. The number of esters is 1. The molecule has 2 N–H and O–H groups in total. The maximum atomic E-state index is 12.5. The lowest BCUT2D eigenvalue weighted by Gasteiger charge is -2.27. The van der Waals surface area contributed by atoms with Crippen LogP contribution >= 0.6 is 0 Å². The zero-order chi connectivity index (χ0) is 17.0. The molecule has 0 aliphatic heterocycles. The Hall–Kier alpha value is -2.50. The molecular weight excluding hydrogens is 296 g/mol. The lowest BCUT2D eigenvalue weighted by molar-refractivity contribution is -0.147. The maximum absolute atomic E-state index is 12.5. The highest BCUT2D eigenvalue weighted by Crippen LogP contribution is 2.22. The smallest absolute Gasteiger partial charge is 0.331 e. The molecule has 6 heteroatoms. The minimum atomic E-state index is -1.05. The second-order valence-electron chi connectivity index (χ2n) is 5.66. The fraction of sp³-hybridized carbons (Fsp3) is 0.412. The van der Waals surface area contributed by atoms with E-state index in [1.54, 1.807) is 20.1 Å². The summed E-state index contributed by atoms with van der Waals surface area (Å²) in [6.45, 7) is 3.62. The second kappa shape index (κ2) is 6.73. The number of methoxy groups -OCH3 is 2.